The van der Waals surface area contributed by atoms with Crippen molar-refractivity contribution in [2.24, 2.45) is 0 Å². The number of hydrogen-bond acceptors (Lipinski definition) is 7. The van der Waals surface area contributed by atoms with Crippen molar-refractivity contribution in [1.82, 2.24) is 10.2 Å². The molecule has 24 heavy (non-hydrogen) atoms. The fourth-order valence-electron chi connectivity index (χ4n) is 2.11. The van der Waals surface area contributed by atoms with Crippen LogP contribution in [0.5, 0.6) is 0 Å². The minimum Gasteiger partial charge on any atom is -0.452 e. The molecule has 3 aromatic rings. The quantitative estimate of drug-likeness (QED) is 0.642. The van der Waals surface area contributed by atoms with Gasteiger partial charge in [-0.3, -0.25) is 0 Å². The lowest BCUT2D eigenvalue weighted by molar-refractivity contribution is 0.0396. The number of nitrogens with zero attached hydrogens (tertiary/aromatic N) is 2. The predicted molar refractivity (Wildman–Crippen MR) is 83.0 cm³/mol. The van der Waals surface area contributed by atoms with E-state index in [1.807, 2.05) is 31.2 Å². The molecule has 0 aliphatic heterocycles. The Morgan fingerprint density at radius 3 is 2.79 bits per heavy atom. The van der Waals surface area contributed by atoms with Gasteiger partial charge in [0.05, 0.1) is 0 Å². The van der Waals surface area contributed by atoms with Crippen molar-refractivity contribution in [3.05, 3.63) is 59.4 Å². The molecule has 2 aromatic heterocycles. The van der Waals surface area contributed by atoms with Gasteiger partial charge in [-0.25, -0.2) is 4.79 Å². The Bertz CT molecular complexity index is 837. The molecule has 0 bridgehead atoms. The van der Waals surface area contributed by atoms with Crippen LogP contribution in [-0.2, 0) is 22.7 Å². The lowest BCUT2D eigenvalue weighted by Gasteiger charge is -1.99. The van der Waals surface area contributed by atoms with E-state index in [0.717, 1.165) is 11.1 Å². The number of carbonyl (C=O) groups is 1. The molecule has 0 aliphatic carbocycles. The van der Waals surface area contributed by atoms with E-state index in [4.69, 9.17) is 18.3 Å². The fourth-order valence-corrected chi connectivity index (χ4v) is 2.11. The van der Waals surface area contributed by atoms with Crippen molar-refractivity contribution < 1.29 is 23.1 Å². The van der Waals surface area contributed by atoms with Crippen molar-refractivity contribution in [1.29, 1.82) is 0 Å². The Morgan fingerprint density at radius 2 is 2.00 bits per heavy atom. The molecule has 124 valence electrons. The zero-order valence-electron chi connectivity index (χ0n) is 13.3. The maximum absolute atomic E-state index is 11.9. The van der Waals surface area contributed by atoms with Gasteiger partial charge in [-0.1, -0.05) is 17.7 Å². The molecule has 0 spiro atoms. The van der Waals surface area contributed by atoms with Crippen LogP contribution in [0.3, 0.4) is 0 Å². The van der Waals surface area contributed by atoms with Crippen LogP contribution in [0, 0.1) is 6.92 Å². The third-order valence-corrected chi connectivity index (χ3v) is 3.21. The first-order chi connectivity index (χ1) is 11.7. The molecule has 0 saturated carbocycles. The summed E-state index contributed by atoms with van der Waals surface area (Å²) in [4.78, 5) is 11.9. The number of furan rings is 1. The monoisotopic (exact) mass is 328 g/mol. The van der Waals surface area contributed by atoms with E-state index in [1.54, 1.807) is 13.2 Å². The number of aromatic nitrogens is 2. The topological polar surface area (TPSA) is 87.6 Å². The Labute approximate surface area is 138 Å². The zero-order valence-corrected chi connectivity index (χ0v) is 13.3. The van der Waals surface area contributed by atoms with Gasteiger partial charge in [-0.2, -0.15) is 0 Å². The van der Waals surface area contributed by atoms with E-state index >= 15 is 0 Å². The third-order valence-electron chi connectivity index (χ3n) is 3.21. The van der Waals surface area contributed by atoms with E-state index < -0.39 is 5.97 Å². The van der Waals surface area contributed by atoms with Crippen molar-refractivity contribution in [3.8, 4) is 11.5 Å². The van der Waals surface area contributed by atoms with Crippen molar-refractivity contribution in [3.63, 3.8) is 0 Å². The highest BCUT2D eigenvalue weighted by atomic mass is 16.6. The van der Waals surface area contributed by atoms with Gasteiger partial charge in [0.2, 0.25) is 11.7 Å². The largest absolute Gasteiger partial charge is 0.452 e. The van der Waals surface area contributed by atoms with Crippen molar-refractivity contribution in [2.75, 3.05) is 7.11 Å². The average molecular weight is 328 g/mol. The van der Waals surface area contributed by atoms with Gasteiger partial charge >= 0.3 is 5.97 Å². The van der Waals surface area contributed by atoms with Gasteiger partial charge in [0, 0.05) is 12.7 Å². The summed E-state index contributed by atoms with van der Waals surface area (Å²) in [6, 6.07) is 10.9. The number of ether oxygens (including phenoxy) is 2. The molecular formula is C17H16N2O5. The normalized spacial score (nSPS) is 10.8. The standard InChI is InChI=1S/C17H16N2O5/c1-11-4-3-5-12(8-11)16-19-18-15(24-16)10-22-17(20)14-7-6-13(23-14)9-21-2/h3-8H,9-10H2,1-2H3. The van der Waals surface area contributed by atoms with E-state index in [0.29, 0.717) is 11.7 Å². The van der Waals surface area contributed by atoms with E-state index in [2.05, 4.69) is 10.2 Å². The minimum absolute atomic E-state index is 0.0977. The highest BCUT2D eigenvalue weighted by Crippen LogP contribution is 2.19. The summed E-state index contributed by atoms with van der Waals surface area (Å²) >= 11 is 0. The van der Waals surface area contributed by atoms with Crippen LogP contribution >= 0.6 is 0 Å². The molecule has 3 rings (SSSR count). The molecule has 0 saturated heterocycles. The molecule has 7 heteroatoms. The summed E-state index contributed by atoms with van der Waals surface area (Å²) in [5.74, 6) is 0.630. The minimum atomic E-state index is -0.604. The number of esters is 1. The third kappa shape index (κ3) is 3.69. The molecule has 1 aromatic carbocycles. The first-order valence-electron chi connectivity index (χ1n) is 7.30. The van der Waals surface area contributed by atoms with E-state index in [1.165, 1.54) is 6.07 Å². The van der Waals surface area contributed by atoms with Crippen LogP contribution in [-0.4, -0.2) is 23.3 Å². The molecule has 0 atom stereocenters. The highest BCUT2D eigenvalue weighted by Gasteiger charge is 2.15. The number of carbonyl (C=O) groups excluding carboxylic acids is 1. The van der Waals surface area contributed by atoms with Crippen molar-refractivity contribution in [2.45, 2.75) is 20.1 Å². The molecule has 2 heterocycles. The maximum Gasteiger partial charge on any atom is 0.374 e. The van der Waals surface area contributed by atoms with Crippen LogP contribution in [0.25, 0.3) is 11.5 Å². The molecule has 0 radical (unpaired) electrons. The molecule has 0 N–H and O–H groups in total. The molecule has 0 unspecified atom stereocenters. The maximum atomic E-state index is 11.9. The Hall–Kier alpha value is -2.93. The zero-order chi connectivity index (χ0) is 16.9. The Morgan fingerprint density at radius 1 is 1.12 bits per heavy atom. The van der Waals surface area contributed by atoms with Gasteiger partial charge in [0.25, 0.3) is 5.89 Å². The smallest absolute Gasteiger partial charge is 0.374 e. The van der Waals surface area contributed by atoms with Gasteiger partial charge in [0.15, 0.2) is 6.61 Å². The van der Waals surface area contributed by atoms with E-state index in [9.17, 15) is 4.79 Å². The molecule has 7 nitrogen and oxygen atoms in total. The van der Waals surface area contributed by atoms with Gasteiger partial charge in [-0.05, 0) is 31.2 Å². The summed E-state index contributed by atoms with van der Waals surface area (Å²) in [5.41, 5.74) is 1.90. The van der Waals surface area contributed by atoms with Gasteiger partial charge in [0.1, 0.15) is 12.4 Å². The number of methoxy groups -OCH3 is 1. The van der Waals surface area contributed by atoms with Crippen LogP contribution in [0.1, 0.15) is 27.8 Å². The second-order valence-electron chi connectivity index (χ2n) is 5.15. The highest BCUT2D eigenvalue weighted by molar-refractivity contribution is 5.86. The fraction of sp³-hybridized carbons (Fsp3) is 0.235. The second-order valence-corrected chi connectivity index (χ2v) is 5.15. The number of aryl methyl sites for hydroxylation is 1. The molecule has 0 aliphatic rings. The molecule has 0 amide bonds. The number of rotatable bonds is 6. The molecular weight excluding hydrogens is 312 g/mol. The van der Waals surface area contributed by atoms with E-state index in [-0.39, 0.29) is 24.9 Å². The first-order valence-corrected chi connectivity index (χ1v) is 7.30. The summed E-state index contributed by atoms with van der Waals surface area (Å²) in [7, 11) is 1.54. The number of benzene rings is 1. The SMILES string of the molecule is COCc1ccc(C(=O)OCc2nnc(-c3cccc(C)c3)o2)o1. The second kappa shape index (κ2) is 7.10. The predicted octanol–water partition coefficient (Wildman–Crippen LogP) is 3.14. The van der Waals surface area contributed by atoms with Crippen LogP contribution < -0.4 is 0 Å². The summed E-state index contributed by atoms with van der Waals surface area (Å²) in [6.07, 6.45) is 0. The van der Waals surface area contributed by atoms with Gasteiger partial charge < -0.3 is 18.3 Å². The lowest BCUT2D eigenvalue weighted by atomic mass is 10.1. The Kier molecular flexibility index (Phi) is 4.72. The van der Waals surface area contributed by atoms with Gasteiger partial charge in [-0.15, -0.1) is 10.2 Å². The van der Waals surface area contributed by atoms with Crippen molar-refractivity contribution >= 4 is 5.97 Å². The van der Waals surface area contributed by atoms with Crippen LogP contribution in [0.4, 0.5) is 0 Å². The number of hydrogen-bond donors (Lipinski definition) is 0. The van der Waals surface area contributed by atoms with Crippen LogP contribution in [0.2, 0.25) is 0 Å². The molecule has 0 fully saturated rings. The summed E-state index contributed by atoms with van der Waals surface area (Å²) in [6.45, 7) is 2.14. The lowest BCUT2D eigenvalue weighted by Crippen LogP contribution is -2.04. The first kappa shape index (κ1) is 15.9. The summed E-state index contributed by atoms with van der Waals surface area (Å²) in [5, 5.41) is 7.84. The van der Waals surface area contributed by atoms with Crippen LogP contribution in [0.15, 0.2) is 45.2 Å². The Balaban J connectivity index is 1.61. The summed E-state index contributed by atoms with van der Waals surface area (Å²) < 4.78 is 20.8. The average Bonchev–Trinajstić information content (AvgIpc) is 3.22.